The molecular formula is C13H10FN3. The maximum atomic E-state index is 12.9. The number of hydrogen-bond acceptors (Lipinski definition) is 2. The average molecular weight is 227 g/mol. The molecule has 3 nitrogen and oxygen atoms in total. The lowest BCUT2D eigenvalue weighted by atomic mass is 10.1. The second kappa shape index (κ2) is 3.66. The van der Waals surface area contributed by atoms with Crippen molar-refractivity contribution < 1.29 is 4.39 Å². The largest absolute Gasteiger partial charge is 0.236 e. The lowest BCUT2D eigenvalue weighted by Gasteiger charge is -1.99. The zero-order chi connectivity index (χ0) is 11.8. The normalized spacial score (nSPS) is 10.9. The summed E-state index contributed by atoms with van der Waals surface area (Å²) < 4.78 is 14.6. The lowest BCUT2D eigenvalue weighted by molar-refractivity contribution is 0.628. The molecule has 0 radical (unpaired) electrons. The van der Waals surface area contributed by atoms with Crippen LogP contribution in [-0.2, 0) is 0 Å². The summed E-state index contributed by atoms with van der Waals surface area (Å²) in [5, 5.41) is 4.37. The minimum atomic E-state index is -0.240. The van der Waals surface area contributed by atoms with Crippen LogP contribution in [0.25, 0.3) is 16.8 Å². The molecule has 0 aliphatic heterocycles. The van der Waals surface area contributed by atoms with Crippen molar-refractivity contribution in [3.05, 3.63) is 54.2 Å². The summed E-state index contributed by atoms with van der Waals surface area (Å²) in [5.41, 5.74) is 3.55. The Kier molecular flexibility index (Phi) is 2.14. The third kappa shape index (κ3) is 1.58. The Morgan fingerprint density at radius 1 is 1.18 bits per heavy atom. The lowest BCUT2D eigenvalue weighted by Crippen LogP contribution is -1.87. The molecule has 3 aromatic rings. The second-order valence-corrected chi connectivity index (χ2v) is 3.86. The first-order chi connectivity index (χ1) is 8.25. The first-order valence-corrected chi connectivity index (χ1v) is 5.31. The van der Waals surface area contributed by atoms with Gasteiger partial charge in [-0.05, 0) is 30.7 Å². The molecule has 0 atom stereocenters. The number of halogens is 1. The van der Waals surface area contributed by atoms with Gasteiger partial charge in [0.15, 0.2) is 5.65 Å². The predicted octanol–water partition coefficient (Wildman–Crippen LogP) is 2.84. The van der Waals surface area contributed by atoms with E-state index in [2.05, 4.69) is 10.1 Å². The fourth-order valence-electron chi connectivity index (χ4n) is 1.95. The summed E-state index contributed by atoms with van der Waals surface area (Å²) in [4.78, 5) is 4.31. The quantitative estimate of drug-likeness (QED) is 0.640. The Balaban J connectivity index is 2.29. The van der Waals surface area contributed by atoms with Gasteiger partial charge in [-0.1, -0.05) is 12.1 Å². The Labute approximate surface area is 97.5 Å². The van der Waals surface area contributed by atoms with Crippen LogP contribution in [0.5, 0.6) is 0 Å². The molecule has 0 aliphatic rings. The van der Waals surface area contributed by atoms with Crippen molar-refractivity contribution in [3.63, 3.8) is 0 Å². The van der Waals surface area contributed by atoms with Crippen molar-refractivity contribution in [3.8, 4) is 11.1 Å². The summed E-state index contributed by atoms with van der Waals surface area (Å²) in [6, 6.07) is 8.21. The molecule has 0 N–H and O–H groups in total. The first-order valence-electron chi connectivity index (χ1n) is 5.31. The van der Waals surface area contributed by atoms with Crippen molar-refractivity contribution >= 4 is 5.65 Å². The van der Waals surface area contributed by atoms with E-state index in [4.69, 9.17) is 0 Å². The zero-order valence-corrected chi connectivity index (χ0v) is 9.26. The fraction of sp³-hybridized carbons (Fsp3) is 0.0769. The van der Waals surface area contributed by atoms with E-state index in [1.54, 1.807) is 22.8 Å². The van der Waals surface area contributed by atoms with Gasteiger partial charge in [-0.25, -0.2) is 13.9 Å². The number of aromatic nitrogens is 3. The monoisotopic (exact) mass is 227 g/mol. The van der Waals surface area contributed by atoms with Gasteiger partial charge < -0.3 is 0 Å². The maximum absolute atomic E-state index is 12.9. The summed E-state index contributed by atoms with van der Waals surface area (Å²) in [6.45, 7) is 1.92. The van der Waals surface area contributed by atoms with Crippen LogP contribution in [0.15, 0.2) is 42.7 Å². The van der Waals surface area contributed by atoms with Crippen LogP contribution in [0.3, 0.4) is 0 Å². The molecule has 17 heavy (non-hydrogen) atoms. The molecule has 1 aromatic carbocycles. The molecule has 0 amide bonds. The van der Waals surface area contributed by atoms with Gasteiger partial charge in [0.05, 0.1) is 5.69 Å². The maximum Gasteiger partial charge on any atom is 0.163 e. The van der Waals surface area contributed by atoms with E-state index in [0.29, 0.717) is 0 Å². The van der Waals surface area contributed by atoms with Crippen LogP contribution < -0.4 is 0 Å². The third-order valence-electron chi connectivity index (χ3n) is 2.70. The minimum absolute atomic E-state index is 0.240. The summed E-state index contributed by atoms with van der Waals surface area (Å²) in [7, 11) is 0. The van der Waals surface area contributed by atoms with Gasteiger partial charge in [-0.3, -0.25) is 0 Å². The molecule has 0 fully saturated rings. The highest BCUT2D eigenvalue weighted by atomic mass is 19.1. The highest BCUT2D eigenvalue weighted by Gasteiger charge is 2.11. The van der Waals surface area contributed by atoms with E-state index >= 15 is 0 Å². The summed E-state index contributed by atoms with van der Waals surface area (Å²) >= 11 is 0. The van der Waals surface area contributed by atoms with Crippen molar-refractivity contribution in [2.24, 2.45) is 0 Å². The Hall–Kier alpha value is -2.23. The van der Waals surface area contributed by atoms with Gasteiger partial charge in [-0.2, -0.15) is 5.10 Å². The smallest absolute Gasteiger partial charge is 0.163 e. The summed E-state index contributed by atoms with van der Waals surface area (Å²) in [6.07, 6.45) is 3.58. The fourth-order valence-corrected chi connectivity index (χ4v) is 1.95. The Bertz CT molecular complexity index is 671. The molecule has 0 unspecified atom stereocenters. The van der Waals surface area contributed by atoms with Crippen LogP contribution in [0.4, 0.5) is 4.39 Å². The van der Waals surface area contributed by atoms with Crippen molar-refractivity contribution in [1.82, 2.24) is 14.6 Å². The minimum Gasteiger partial charge on any atom is -0.236 e. The van der Waals surface area contributed by atoms with E-state index in [0.717, 1.165) is 22.5 Å². The number of aryl methyl sites for hydroxylation is 1. The average Bonchev–Trinajstić information content (AvgIpc) is 2.66. The van der Waals surface area contributed by atoms with E-state index in [1.165, 1.54) is 12.1 Å². The third-order valence-corrected chi connectivity index (χ3v) is 2.70. The van der Waals surface area contributed by atoms with E-state index in [-0.39, 0.29) is 5.82 Å². The van der Waals surface area contributed by atoms with Crippen LogP contribution >= 0.6 is 0 Å². The Morgan fingerprint density at radius 2 is 1.94 bits per heavy atom. The molecule has 0 bridgehead atoms. The van der Waals surface area contributed by atoms with Crippen molar-refractivity contribution in [1.29, 1.82) is 0 Å². The molecule has 0 saturated carbocycles. The van der Waals surface area contributed by atoms with Crippen LogP contribution in [0.1, 0.15) is 5.69 Å². The van der Waals surface area contributed by atoms with Gasteiger partial charge >= 0.3 is 0 Å². The molecule has 2 aromatic heterocycles. The molecule has 0 aliphatic carbocycles. The molecular weight excluding hydrogens is 217 g/mol. The Morgan fingerprint density at radius 3 is 2.71 bits per heavy atom. The van der Waals surface area contributed by atoms with E-state index in [9.17, 15) is 4.39 Å². The van der Waals surface area contributed by atoms with E-state index < -0.39 is 0 Å². The predicted molar refractivity (Wildman–Crippen MR) is 63.1 cm³/mol. The van der Waals surface area contributed by atoms with Gasteiger partial charge in [0.1, 0.15) is 5.82 Å². The van der Waals surface area contributed by atoms with Crippen LogP contribution in [0.2, 0.25) is 0 Å². The molecule has 2 heterocycles. The standard InChI is InChI=1S/C13H10FN3/c1-9-12(10-3-5-11(14)6-4-10)13-15-7-2-8-17(13)16-9/h2-8H,1H3. The van der Waals surface area contributed by atoms with Gasteiger partial charge in [0.25, 0.3) is 0 Å². The number of hydrogen-bond donors (Lipinski definition) is 0. The van der Waals surface area contributed by atoms with Crippen molar-refractivity contribution in [2.75, 3.05) is 0 Å². The van der Waals surface area contributed by atoms with Gasteiger partial charge in [0, 0.05) is 18.0 Å². The molecule has 4 heteroatoms. The topological polar surface area (TPSA) is 30.2 Å². The van der Waals surface area contributed by atoms with Crippen molar-refractivity contribution in [2.45, 2.75) is 6.92 Å². The molecule has 3 rings (SSSR count). The van der Waals surface area contributed by atoms with Crippen LogP contribution in [0, 0.1) is 12.7 Å². The number of fused-ring (bicyclic) bond motifs is 1. The van der Waals surface area contributed by atoms with Gasteiger partial charge in [-0.15, -0.1) is 0 Å². The second-order valence-electron chi connectivity index (χ2n) is 3.86. The zero-order valence-electron chi connectivity index (χ0n) is 9.26. The molecule has 84 valence electrons. The highest BCUT2D eigenvalue weighted by molar-refractivity contribution is 5.79. The SMILES string of the molecule is Cc1nn2cccnc2c1-c1ccc(F)cc1. The van der Waals surface area contributed by atoms with Crippen LogP contribution in [-0.4, -0.2) is 14.6 Å². The van der Waals surface area contributed by atoms with Gasteiger partial charge in [0.2, 0.25) is 0 Å². The highest BCUT2D eigenvalue weighted by Crippen LogP contribution is 2.26. The number of benzene rings is 1. The molecule has 0 spiro atoms. The van der Waals surface area contributed by atoms with E-state index in [1.807, 2.05) is 19.2 Å². The number of nitrogens with zero attached hydrogens (tertiary/aromatic N) is 3. The first kappa shape index (κ1) is 9.96. The molecule has 0 saturated heterocycles. The number of rotatable bonds is 1. The summed E-state index contributed by atoms with van der Waals surface area (Å²) in [5.74, 6) is -0.240.